The van der Waals surface area contributed by atoms with Gasteiger partial charge in [-0.2, -0.15) is 0 Å². The maximum Gasteiger partial charge on any atom is 0.262 e. The first kappa shape index (κ1) is 18.5. The fraction of sp³-hybridized carbons (Fsp3) is 0.217. The molecule has 6 heteroatoms. The predicted molar refractivity (Wildman–Crippen MR) is 116 cm³/mol. The molecular weight excluding hydrogens is 407 g/mol. The molecular formula is C23H18ClFN2OS. The van der Waals surface area contributed by atoms with Crippen LogP contribution in [0.15, 0.2) is 53.3 Å². The summed E-state index contributed by atoms with van der Waals surface area (Å²) in [4.78, 5) is 20.5. The number of halogens is 2. The summed E-state index contributed by atoms with van der Waals surface area (Å²) < 4.78 is 15.4. The molecule has 4 aromatic rings. The number of benzene rings is 2. The Morgan fingerprint density at radius 2 is 1.93 bits per heavy atom. The summed E-state index contributed by atoms with van der Waals surface area (Å²) in [6.45, 7) is 0.292. The van der Waals surface area contributed by atoms with Gasteiger partial charge in [0.05, 0.1) is 11.9 Å². The standard InChI is InChI=1S/C23H18ClFN2OS/c24-16-6-1-4-14(10-16)12-20-26-22-21(18-8-3-9-19(18)29-22)23(28)27(20)13-15-5-2-7-17(25)11-15/h1-2,4-7,10-11H,3,8-9,12-13H2. The highest BCUT2D eigenvalue weighted by Gasteiger charge is 2.23. The summed E-state index contributed by atoms with van der Waals surface area (Å²) in [7, 11) is 0. The third kappa shape index (κ3) is 3.49. The lowest BCUT2D eigenvalue weighted by Gasteiger charge is -2.13. The first-order valence-corrected chi connectivity index (χ1v) is 10.8. The second kappa shape index (κ2) is 7.39. The Labute approximate surface area is 176 Å². The smallest absolute Gasteiger partial charge is 0.262 e. The van der Waals surface area contributed by atoms with Gasteiger partial charge in [-0.25, -0.2) is 9.37 Å². The van der Waals surface area contributed by atoms with Crippen LogP contribution >= 0.6 is 22.9 Å². The number of thiophene rings is 1. The molecule has 2 heterocycles. The van der Waals surface area contributed by atoms with Crippen molar-refractivity contribution in [1.29, 1.82) is 0 Å². The first-order chi connectivity index (χ1) is 14.1. The second-order valence-electron chi connectivity index (χ2n) is 7.39. The van der Waals surface area contributed by atoms with Gasteiger partial charge in [0.15, 0.2) is 0 Å². The van der Waals surface area contributed by atoms with Gasteiger partial charge < -0.3 is 0 Å². The van der Waals surface area contributed by atoms with E-state index in [9.17, 15) is 9.18 Å². The van der Waals surface area contributed by atoms with Crippen molar-refractivity contribution in [3.63, 3.8) is 0 Å². The summed E-state index contributed by atoms with van der Waals surface area (Å²) >= 11 is 7.78. The Kier molecular flexibility index (Phi) is 4.72. The molecule has 3 nitrogen and oxygen atoms in total. The van der Waals surface area contributed by atoms with Gasteiger partial charge in [0, 0.05) is 16.3 Å². The van der Waals surface area contributed by atoms with Crippen LogP contribution in [-0.2, 0) is 25.8 Å². The Bertz CT molecular complexity index is 1290. The Morgan fingerprint density at radius 1 is 1.10 bits per heavy atom. The van der Waals surface area contributed by atoms with E-state index in [2.05, 4.69) is 0 Å². The van der Waals surface area contributed by atoms with Crippen LogP contribution in [-0.4, -0.2) is 9.55 Å². The third-order valence-corrected chi connectivity index (χ3v) is 6.81. The number of fused-ring (bicyclic) bond motifs is 3. The zero-order valence-corrected chi connectivity index (χ0v) is 17.2. The normalized spacial score (nSPS) is 13.2. The Morgan fingerprint density at radius 3 is 2.76 bits per heavy atom. The molecule has 1 aliphatic rings. The lowest BCUT2D eigenvalue weighted by molar-refractivity contribution is 0.620. The van der Waals surface area contributed by atoms with Gasteiger partial charge in [0.25, 0.3) is 5.56 Å². The van der Waals surface area contributed by atoms with Crippen molar-refractivity contribution in [3.05, 3.63) is 97.1 Å². The van der Waals surface area contributed by atoms with Crippen LogP contribution in [0.2, 0.25) is 5.02 Å². The van der Waals surface area contributed by atoms with Gasteiger partial charge >= 0.3 is 0 Å². The molecule has 2 aromatic heterocycles. The highest BCUT2D eigenvalue weighted by atomic mass is 35.5. The fourth-order valence-corrected chi connectivity index (χ4v) is 5.55. The van der Waals surface area contributed by atoms with Crippen LogP contribution in [0.4, 0.5) is 4.39 Å². The zero-order chi connectivity index (χ0) is 20.0. The molecule has 5 rings (SSSR count). The molecule has 2 aromatic carbocycles. The third-order valence-electron chi connectivity index (χ3n) is 5.38. The molecule has 0 amide bonds. The molecule has 29 heavy (non-hydrogen) atoms. The van der Waals surface area contributed by atoms with Crippen LogP contribution < -0.4 is 5.56 Å². The average Bonchev–Trinajstić information content (AvgIpc) is 3.26. The van der Waals surface area contributed by atoms with Crippen LogP contribution in [0.3, 0.4) is 0 Å². The topological polar surface area (TPSA) is 34.9 Å². The van der Waals surface area contributed by atoms with Crippen molar-refractivity contribution >= 4 is 33.2 Å². The van der Waals surface area contributed by atoms with Gasteiger partial charge in [-0.1, -0.05) is 35.9 Å². The molecule has 0 radical (unpaired) electrons. The summed E-state index contributed by atoms with van der Waals surface area (Å²) in [6.07, 6.45) is 3.53. The zero-order valence-electron chi connectivity index (χ0n) is 15.6. The van der Waals surface area contributed by atoms with Crippen LogP contribution in [0, 0.1) is 5.82 Å². The SMILES string of the molecule is O=c1c2c3c(sc2nc(Cc2cccc(Cl)c2)n1Cc1cccc(F)c1)CCC3. The lowest BCUT2D eigenvalue weighted by Crippen LogP contribution is -2.26. The molecule has 0 fully saturated rings. The molecule has 1 aliphatic carbocycles. The van der Waals surface area contributed by atoms with Crippen LogP contribution in [0.25, 0.3) is 10.2 Å². The van der Waals surface area contributed by atoms with E-state index in [4.69, 9.17) is 16.6 Å². The van der Waals surface area contributed by atoms with E-state index in [1.807, 2.05) is 30.3 Å². The van der Waals surface area contributed by atoms with Gasteiger partial charge in [0.1, 0.15) is 16.5 Å². The van der Waals surface area contributed by atoms with Crippen molar-refractivity contribution in [1.82, 2.24) is 9.55 Å². The highest BCUT2D eigenvalue weighted by Crippen LogP contribution is 2.35. The van der Waals surface area contributed by atoms with Crippen LogP contribution in [0.1, 0.15) is 33.8 Å². The summed E-state index contributed by atoms with van der Waals surface area (Å²) in [6, 6.07) is 14.0. The number of rotatable bonds is 4. The van der Waals surface area contributed by atoms with E-state index < -0.39 is 0 Å². The minimum absolute atomic E-state index is 0.0318. The van der Waals surface area contributed by atoms with Gasteiger partial charge in [-0.3, -0.25) is 9.36 Å². The van der Waals surface area contributed by atoms with Gasteiger partial charge in [-0.15, -0.1) is 11.3 Å². The van der Waals surface area contributed by atoms with E-state index >= 15 is 0 Å². The minimum Gasteiger partial charge on any atom is -0.291 e. The molecule has 0 atom stereocenters. The molecule has 0 spiro atoms. The molecule has 0 N–H and O–H groups in total. The van der Waals surface area contributed by atoms with Crippen molar-refractivity contribution in [2.24, 2.45) is 0 Å². The van der Waals surface area contributed by atoms with Gasteiger partial charge in [0.2, 0.25) is 0 Å². The van der Waals surface area contributed by atoms with Crippen molar-refractivity contribution in [3.8, 4) is 0 Å². The van der Waals surface area contributed by atoms with E-state index in [-0.39, 0.29) is 11.4 Å². The molecule has 0 saturated carbocycles. The lowest BCUT2D eigenvalue weighted by atomic mass is 10.1. The summed E-state index contributed by atoms with van der Waals surface area (Å²) in [5.74, 6) is 0.367. The molecule has 0 unspecified atom stereocenters. The maximum atomic E-state index is 13.7. The van der Waals surface area contributed by atoms with Gasteiger partial charge in [-0.05, 0) is 60.2 Å². The monoisotopic (exact) mass is 424 g/mol. The van der Waals surface area contributed by atoms with Crippen molar-refractivity contribution in [2.45, 2.75) is 32.2 Å². The van der Waals surface area contributed by atoms with Crippen molar-refractivity contribution in [2.75, 3.05) is 0 Å². The second-order valence-corrected chi connectivity index (χ2v) is 8.91. The molecule has 0 saturated heterocycles. The Balaban J connectivity index is 1.68. The summed E-state index contributed by atoms with van der Waals surface area (Å²) in [5.41, 5.74) is 2.86. The minimum atomic E-state index is -0.308. The molecule has 146 valence electrons. The predicted octanol–water partition coefficient (Wildman–Crippen LogP) is 5.38. The average molecular weight is 425 g/mol. The quantitative estimate of drug-likeness (QED) is 0.441. The largest absolute Gasteiger partial charge is 0.291 e. The number of nitrogens with zero attached hydrogens (tertiary/aromatic N) is 2. The van der Waals surface area contributed by atoms with E-state index in [0.29, 0.717) is 23.8 Å². The number of aromatic nitrogens is 2. The Hall–Kier alpha value is -2.50. The number of hydrogen-bond donors (Lipinski definition) is 0. The summed E-state index contributed by atoms with van der Waals surface area (Å²) in [5, 5.41) is 1.39. The van der Waals surface area contributed by atoms with E-state index in [1.54, 1.807) is 22.0 Å². The molecule has 0 bridgehead atoms. The first-order valence-electron chi connectivity index (χ1n) is 9.61. The maximum absolute atomic E-state index is 13.7. The van der Waals surface area contributed by atoms with E-state index in [0.717, 1.165) is 46.2 Å². The number of aryl methyl sites for hydroxylation is 2. The van der Waals surface area contributed by atoms with Crippen LogP contribution in [0.5, 0.6) is 0 Å². The van der Waals surface area contributed by atoms with E-state index in [1.165, 1.54) is 17.0 Å². The fourth-order valence-electron chi connectivity index (χ4n) is 4.06. The number of hydrogen-bond acceptors (Lipinski definition) is 3. The highest BCUT2D eigenvalue weighted by molar-refractivity contribution is 7.18. The molecule has 0 aliphatic heterocycles. The van der Waals surface area contributed by atoms with Crippen molar-refractivity contribution < 1.29 is 4.39 Å².